The van der Waals surface area contributed by atoms with Crippen LogP contribution in [0.5, 0.6) is 0 Å². The van der Waals surface area contributed by atoms with Crippen LogP contribution in [0.1, 0.15) is 54.9 Å². The van der Waals surface area contributed by atoms with Gasteiger partial charge in [0.1, 0.15) is 11.7 Å². The summed E-state index contributed by atoms with van der Waals surface area (Å²) in [6, 6.07) is 8.13. The molecule has 5 nitrogen and oxygen atoms in total. The molecule has 0 radical (unpaired) electrons. The van der Waals surface area contributed by atoms with Crippen LogP contribution in [0.25, 0.3) is 0 Å². The number of ether oxygens (including phenoxy) is 1. The molecule has 3 aliphatic rings. The van der Waals surface area contributed by atoms with Gasteiger partial charge in [-0.15, -0.1) is 0 Å². The van der Waals surface area contributed by atoms with E-state index in [4.69, 9.17) is 4.74 Å². The average molecular weight is 373 g/mol. The van der Waals surface area contributed by atoms with E-state index in [1.165, 1.54) is 31.5 Å². The molecule has 0 bridgehead atoms. The molecule has 1 aromatic carbocycles. The summed E-state index contributed by atoms with van der Waals surface area (Å²) in [5.41, 5.74) is 3.31. The number of benzene rings is 1. The third kappa shape index (κ3) is 3.53. The Morgan fingerprint density at radius 1 is 1.22 bits per heavy atom. The molecule has 4 rings (SSSR count). The van der Waals surface area contributed by atoms with E-state index in [1.807, 2.05) is 0 Å². The van der Waals surface area contributed by atoms with Gasteiger partial charge >= 0.3 is 0 Å². The second-order valence-corrected chi connectivity index (χ2v) is 8.65. The van der Waals surface area contributed by atoms with Gasteiger partial charge in [0.05, 0.1) is 12.6 Å². The lowest BCUT2D eigenvalue weighted by Crippen LogP contribution is -2.59. The molecule has 0 aromatic heterocycles. The van der Waals surface area contributed by atoms with Crippen molar-refractivity contribution in [1.82, 2.24) is 15.1 Å². The summed E-state index contributed by atoms with van der Waals surface area (Å²) in [6.45, 7) is 9.45. The van der Waals surface area contributed by atoms with Crippen molar-refractivity contribution in [3.05, 3.63) is 29.3 Å². The maximum absolute atomic E-state index is 12.8. The van der Waals surface area contributed by atoms with E-state index in [0.717, 1.165) is 54.8 Å². The number of hydrogen-bond acceptors (Lipinski definition) is 3. The van der Waals surface area contributed by atoms with Gasteiger partial charge in [0, 0.05) is 63.2 Å². The lowest BCUT2D eigenvalue weighted by Gasteiger charge is -2.43. The Hall–Kier alpha value is -1.43. The molecule has 3 atom stereocenters. The van der Waals surface area contributed by atoms with Crippen molar-refractivity contribution in [2.75, 3.05) is 32.8 Å². The topological polar surface area (TPSA) is 50.4 Å². The SMILES string of the molecule is Cc1cc([N+]2([C@H]3CCNC3)CCC[C@@H]2C)ccc1C(=O)NC1CCOCC1. The molecule has 0 spiro atoms. The number of quaternary nitrogens is 1. The van der Waals surface area contributed by atoms with E-state index in [2.05, 4.69) is 42.7 Å². The molecule has 3 heterocycles. The number of amides is 1. The van der Waals surface area contributed by atoms with Gasteiger partial charge in [-0.25, -0.2) is 0 Å². The second-order valence-electron chi connectivity index (χ2n) is 8.65. The highest BCUT2D eigenvalue weighted by Crippen LogP contribution is 2.39. The molecule has 0 aliphatic carbocycles. The van der Waals surface area contributed by atoms with Crippen LogP contribution in [0.3, 0.4) is 0 Å². The normalized spacial score (nSPS) is 31.9. The fourth-order valence-electron chi connectivity index (χ4n) is 5.54. The molecule has 148 valence electrons. The minimum atomic E-state index is 0.0644. The first-order valence-corrected chi connectivity index (χ1v) is 10.7. The molecule has 0 saturated carbocycles. The van der Waals surface area contributed by atoms with Crippen LogP contribution in [0, 0.1) is 6.92 Å². The minimum Gasteiger partial charge on any atom is -0.381 e. The van der Waals surface area contributed by atoms with Crippen molar-refractivity contribution in [1.29, 1.82) is 0 Å². The maximum atomic E-state index is 12.8. The molecular formula is C22H34N3O2+. The molecule has 3 fully saturated rings. The highest BCUT2D eigenvalue weighted by molar-refractivity contribution is 5.96. The zero-order valence-corrected chi connectivity index (χ0v) is 16.8. The molecule has 27 heavy (non-hydrogen) atoms. The number of likely N-dealkylation sites (tertiary alicyclic amines) is 1. The molecule has 3 aliphatic heterocycles. The van der Waals surface area contributed by atoms with E-state index in [-0.39, 0.29) is 11.9 Å². The van der Waals surface area contributed by atoms with Crippen molar-refractivity contribution in [2.24, 2.45) is 0 Å². The standard InChI is InChI=1S/C22H33N3O2/c1-16-14-19(25(11-3-4-17(25)2)20-7-10-23-15-20)5-6-21(16)22(26)24-18-8-12-27-13-9-18/h5-6,14,17-18,20,23H,3-4,7-13,15H2,1-2H3/p+1/t17-,20-,25?/m0/s1. The number of nitrogens with one attached hydrogen (secondary N) is 2. The summed E-state index contributed by atoms with van der Waals surface area (Å²) in [7, 11) is 0. The first kappa shape index (κ1) is 18.9. The lowest BCUT2D eigenvalue weighted by molar-refractivity contribution is 0.0696. The van der Waals surface area contributed by atoms with Crippen LogP contribution < -0.4 is 15.1 Å². The van der Waals surface area contributed by atoms with E-state index in [0.29, 0.717) is 12.1 Å². The zero-order valence-electron chi connectivity index (χ0n) is 16.8. The Balaban J connectivity index is 1.57. The summed E-state index contributed by atoms with van der Waals surface area (Å²) in [5, 5.41) is 6.77. The van der Waals surface area contributed by atoms with Gasteiger partial charge in [0.15, 0.2) is 0 Å². The third-order valence-electron chi connectivity index (χ3n) is 7.11. The Bertz CT molecular complexity index is 680. The fraction of sp³-hybridized carbons (Fsp3) is 0.682. The average Bonchev–Trinajstić information content (AvgIpc) is 3.32. The third-order valence-corrected chi connectivity index (χ3v) is 7.11. The van der Waals surface area contributed by atoms with Crippen LogP contribution in [0.2, 0.25) is 0 Å². The number of carbonyl (C=O) groups is 1. The first-order chi connectivity index (χ1) is 13.1. The number of aryl methyl sites for hydroxylation is 1. The number of carbonyl (C=O) groups excluding carboxylic acids is 1. The smallest absolute Gasteiger partial charge is 0.251 e. The van der Waals surface area contributed by atoms with Crippen LogP contribution in [0.15, 0.2) is 18.2 Å². The van der Waals surface area contributed by atoms with Crippen LogP contribution in [-0.4, -0.2) is 56.9 Å². The van der Waals surface area contributed by atoms with Crippen molar-refractivity contribution in [2.45, 2.75) is 64.1 Å². The predicted octanol–water partition coefficient (Wildman–Crippen LogP) is 2.76. The molecule has 1 unspecified atom stereocenters. The van der Waals surface area contributed by atoms with Gasteiger partial charge in [-0.05, 0) is 44.4 Å². The van der Waals surface area contributed by atoms with Gasteiger partial charge in [0.25, 0.3) is 5.91 Å². The van der Waals surface area contributed by atoms with Crippen molar-refractivity contribution in [3.8, 4) is 0 Å². The monoisotopic (exact) mass is 372 g/mol. The maximum Gasteiger partial charge on any atom is 0.251 e. The van der Waals surface area contributed by atoms with E-state index >= 15 is 0 Å². The largest absolute Gasteiger partial charge is 0.381 e. The van der Waals surface area contributed by atoms with E-state index < -0.39 is 0 Å². The van der Waals surface area contributed by atoms with Crippen molar-refractivity contribution in [3.63, 3.8) is 0 Å². The quantitative estimate of drug-likeness (QED) is 0.799. The minimum absolute atomic E-state index is 0.0644. The molecule has 1 amide bonds. The second kappa shape index (κ2) is 7.90. The summed E-state index contributed by atoms with van der Waals surface area (Å²) in [4.78, 5) is 12.8. The fourth-order valence-corrected chi connectivity index (χ4v) is 5.54. The zero-order chi connectivity index (χ0) is 18.9. The Kier molecular flexibility index (Phi) is 5.53. The summed E-state index contributed by atoms with van der Waals surface area (Å²) < 4.78 is 6.49. The van der Waals surface area contributed by atoms with Crippen LogP contribution in [0.4, 0.5) is 5.69 Å². The Morgan fingerprint density at radius 2 is 2.04 bits per heavy atom. The Labute approximate surface area is 163 Å². The lowest BCUT2D eigenvalue weighted by atomic mass is 10.0. The number of rotatable bonds is 4. The molecule has 5 heteroatoms. The first-order valence-electron chi connectivity index (χ1n) is 10.7. The van der Waals surface area contributed by atoms with Crippen molar-refractivity contribution < 1.29 is 9.53 Å². The molecule has 1 aromatic rings. The highest BCUT2D eigenvalue weighted by Gasteiger charge is 2.48. The summed E-state index contributed by atoms with van der Waals surface area (Å²) in [6.07, 6.45) is 5.66. The predicted molar refractivity (Wildman–Crippen MR) is 109 cm³/mol. The van der Waals surface area contributed by atoms with Gasteiger partial charge in [-0.1, -0.05) is 0 Å². The number of hydrogen-bond donors (Lipinski definition) is 2. The van der Waals surface area contributed by atoms with Gasteiger partial charge < -0.3 is 15.4 Å². The van der Waals surface area contributed by atoms with E-state index in [1.54, 1.807) is 0 Å². The Morgan fingerprint density at radius 3 is 2.67 bits per heavy atom. The summed E-state index contributed by atoms with van der Waals surface area (Å²) >= 11 is 0. The van der Waals surface area contributed by atoms with Crippen LogP contribution >= 0.6 is 0 Å². The molecule has 3 saturated heterocycles. The number of nitrogens with zero attached hydrogens (tertiary/aromatic N) is 1. The van der Waals surface area contributed by atoms with Crippen molar-refractivity contribution >= 4 is 11.6 Å². The molecule has 2 N–H and O–H groups in total. The summed E-state index contributed by atoms with van der Waals surface area (Å²) in [5.74, 6) is 0.0644. The highest BCUT2D eigenvalue weighted by atomic mass is 16.5. The van der Waals surface area contributed by atoms with Gasteiger partial charge in [-0.3, -0.25) is 9.28 Å². The van der Waals surface area contributed by atoms with Gasteiger partial charge in [0.2, 0.25) is 0 Å². The van der Waals surface area contributed by atoms with E-state index in [9.17, 15) is 4.79 Å². The molecular weight excluding hydrogens is 338 g/mol. The van der Waals surface area contributed by atoms with Gasteiger partial charge in [-0.2, -0.15) is 0 Å². The van der Waals surface area contributed by atoms with Crippen LogP contribution in [-0.2, 0) is 4.74 Å².